The third kappa shape index (κ3) is 2.41. The minimum atomic E-state index is -0.440. The summed E-state index contributed by atoms with van der Waals surface area (Å²) in [6, 6.07) is 4.10. The number of likely N-dealkylation sites (tertiary alicyclic amines) is 1. The van der Waals surface area contributed by atoms with Crippen molar-refractivity contribution in [1.29, 1.82) is 0 Å². The number of fused-ring (bicyclic) bond motifs is 1. The average molecular weight is 342 g/mol. The second-order valence-electron chi connectivity index (χ2n) is 6.68. The van der Waals surface area contributed by atoms with Crippen LogP contribution in [0.25, 0.3) is 0 Å². The van der Waals surface area contributed by atoms with Crippen molar-refractivity contribution < 1.29 is 9.53 Å². The highest BCUT2D eigenvalue weighted by Gasteiger charge is 2.45. The number of hydrogen-bond donors (Lipinski definition) is 1. The predicted molar refractivity (Wildman–Crippen MR) is 80.9 cm³/mol. The van der Waals surface area contributed by atoms with E-state index in [1.165, 1.54) is 0 Å². The molecule has 110 valence electrons. The summed E-state index contributed by atoms with van der Waals surface area (Å²) in [6.45, 7) is 8.00. The molecule has 0 bridgehead atoms. The summed E-state index contributed by atoms with van der Waals surface area (Å²) >= 11 is 3.55. The van der Waals surface area contributed by atoms with Gasteiger partial charge in [0.25, 0.3) is 0 Å². The summed E-state index contributed by atoms with van der Waals surface area (Å²) < 4.78 is 8.73. The Bertz CT molecular complexity index is 549. The largest absolute Gasteiger partial charge is 0.444 e. The number of amides is 1. The van der Waals surface area contributed by atoms with Gasteiger partial charge in [0.1, 0.15) is 11.4 Å². The van der Waals surface area contributed by atoms with Crippen molar-refractivity contribution in [2.45, 2.75) is 44.9 Å². The van der Waals surface area contributed by atoms with Crippen LogP contribution in [0, 0.1) is 0 Å². The molecular weight excluding hydrogens is 322 g/mol. The lowest BCUT2D eigenvalue weighted by Gasteiger charge is -2.27. The van der Waals surface area contributed by atoms with Gasteiger partial charge in [-0.05, 0) is 55.3 Å². The lowest BCUT2D eigenvalue weighted by atomic mass is 10.0. The molecule has 1 atom stereocenters. The van der Waals surface area contributed by atoms with Crippen molar-refractivity contribution in [2.75, 3.05) is 18.4 Å². The molecule has 1 fully saturated rings. The molecule has 20 heavy (non-hydrogen) atoms. The molecule has 3 heterocycles. The highest BCUT2D eigenvalue weighted by atomic mass is 79.9. The van der Waals surface area contributed by atoms with Gasteiger partial charge in [-0.1, -0.05) is 0 Å². The first kappa shape index (κ1) is 13.8. The van der Waals surface area contributed by atoms with Crippen LogP contribution in [0.4, 0.5) is 10.6 Å². The quantitative estimate of drug-likeness (QED) is 0.788. The maximum Gasteiger partial charge on any atom is 0.410 e. The molecule has 6 heteroatoms. The van der Waals surface area contributed by atoms with E-state index in [0.29, 0.717) is 6.54 Å². The second-order valence-corrected chi connectivity index (χ2v) is 7.50. The van der Waals surface area contributed by atoms with Crippen molar-refractivity contribution in [1.82, 2.24) is 9.47 Å². The topological polar surface area (TPSA) is 46.5 Å². The van der Waals surface area contributed by atoms with E-state index in [9.17, 15) is 4.79 Å². The van der Waals surface area contributed by atoms with Crippen LogP contribution in [0.3, 0.4) is 0 Å². The summed E-state index contributed by atoms with van der Waals surface area (Å²) in [4.78, 5) is 13.9. The monoisotopic (exact) mass is 341 g/mol. The summed E-state index contributed by atoms with van der Waals surface area (Å²) in [5.41, 5.74) is -0.486. The van der Waals surface area contributed by atoms with Gasteiger partial charge < -0.3 is 19.5 Å². The van der Waals surface area contributed by atoms with E-state index >= 15 is 0 Å². The average Bonchev–Trinajstić information content (AvgIpc) is 2.97. The Morgan fingerprint density at radius 3 is 2.80 bits per heavy atom. The Balaban J connectivity index is 1.68. The zero-order valence-electron chi connectivity index (χ0n) is 12.1. The zero-order valence-corrected chi connectivity index (χ0v) is 13.7. The van der Waals surface area contributed by atoms with Gasteiger partial charge in [0.05, 0.1) is 10.1 Å². The fourth-order valence-corrected chi connectivity index (χ4v) is 3.36. The number of hydrogen-bond acceptors (Lipinski definition) is 3. The summed E-state index contributed by atoms with van der Waals surface area (Å²) in [6.07, 6.45) is 0.729. The number of nitrogens with one attached hydrogen (secondary N) is 1. The highest BCUT2D eigenvalue weighted by molar-refractivity contribution is 9.10. The highest BCUT2D eigenvalue weighted by Crippen LogP contribution is 2.37. The maximum atomic E-state index is 12.1. The van der Waals surface area contributed by atoms with E-state index in [2.05, 4.69) is 31.9 Å². The van der Waals surface area contributed by atoms with Crippen LogP contribution in [0.15, 0.2) is 16.7 Å². The summed E-state index contributed by atoms with van der Waals surface area (Å²) in [5, 5.41) is 3.56. The molecular formula is C14H20BrN3O2. The fraction of sp³-hybridized carbons (Fsp3) is 0.643. The van der Waals surface area contributed by atoms with Crippen molar-refractivity contribution in [3.8, 4) is 0 Å². The van der Waals surface area contributed by atoms with Gasteiger partial charge in [0, 0.05) is 19.6 Å². The molecule has 2 aliphatic rings. The molecule has 1 unspecified atom stereocenters. The van der Waals surface area contributed by atoms with E-state index in [4.69, 9.17) is 4.74 Å². The Morgan fingerprint density at radius 1 is 1.40 bits per heavy atom. The fourth-order valence-electron chi connectivity index (χ4n) is 2.91. The Kier molecular flexibility index (Phi) is 3.04. The van der Waals surface area contributed by atoms with Crippen molar-refractivity contribution in [3.63, 3.8) is 0 Å². The smallest absolute Gasteiger partial charge is 0.410 e. The number of carbonyl (C=O) groups is 1. The standard InChI is InChI=1S/C14H20BrN3O2/c1-13(2,3)20-12(19)17-7-6-14(8-17)9-18-10(15)4-5-11(18)16-14/h4-5,16H,6-9H2,1-3H3. The molecule has 5 nitrogen and oxygen atoms in total. The molecule has 1 amide bonds. The van der Waals surface area contributed by atoms with Gasteiger partial charge in [0.2, 0.25) is 0 Å². The first-order valence-corrected chi connectivity index (χ1v) is 7.69. The van der Waals surface area contributed by atoms with E-state index in [0.717, 1.165) is 29.9 Å². The van der Waals surface area contributed by atoms with Crippen molar-refractivity contribution in [3.05, 3.63) is 16.7 Å². The van der Waals surface area contributed by atoms with Crippen molar-refractivity contribution >= 4 is 27.8 Å². The lowest BCUT2D eigenvalue weighted by molar-refractivity contribution is 0.0286. The Hall–Kier alpha value is -1.17. The van der Waals surface area contributed by atoms with Crippen molar-refractivity contribution in [2.24, 2.45) is 0 Å². The molecule has 1 aromatic rings. The number of halogens is 1. The molecule has 0 saturated carbocycles. The Morgan fingerprint density at radius 2 is 2.15 bits per heavy atom. The molecule has 1 spiro atoms. The van der Waals surface area contributed by atoms with Crippen LogP contribution in [0.2, 0.25) is 0 Å². The Labute approximate surface area is 127 Å². The zero-order chi connectivity index (χ0) is 14.5. The van der Waals surface area contributed by atoms with Gasteiger partial charge in [-0.25, -0.2) is 4.79 Å². The number of carbonyl (C=O) groups excluding carboxylic acids is 1. The molecule has 1 aromatic heterocycles. The van der Waals surface area contributed by atoms with Crippen LogP contribution in [0.5, 0.6) is 0 Å². The van der Waals surface area contributed by atoms with Gasteiger partial charge in [-0.2, -0.15) is 0 Å². The number of aromatic nitrogens is 1. The third-order valence-corrected chi connectivity index (χ3v) is 4.48. The number of anilines is 1. The molecule has 3 rings (SSSR count). The van der Waals surface area contributed by atoms with E-state index < -0.39 is 5.60 Å². The first-order chi connectivity index (χ1) is 9.28. The first-order valence-electron chi connectivity index (χ1n) is 6.89. The number of rotatable bonds is 0. The lowest BCUT2D eigenvalue weighted by Crippen LogP contribution is -2.43. The maximum absolute atomic E-state index is 12.1. The van der Waals surface area contributed by atoms with Gasteiger partial charge >= 0.3 is 6.09 Å². The summed E-state index contributed by atoms with van der Waals surface area (Å²) in [7, 11) is 0. The van der Waals surface area contributed by atoms with E-state index in [1.54, 1.807) is 4.90 Å². The molecule has 0 aromatic carbocycles. The van der Waals surface area contributed by atoms with E-state index in [1.807, 2.05) is 26.8 Å². The molecule has 0 radical (unpaired) electrons. The van der Waals surface area contributed by atoms with Crippen LogP contribution in [-0.4, -0.2) is 39.8 Å². The van der Waals surface area contributed by atoms with Gasteiger partial charge in [0.15, 0.2) is 0 Å². The predicted octanol–water partition coefficient (Wildman–Crippen LogP) is 3.06. The van der Waals surface area contributed by atoms with E-state index in [-0.39, 0.29) is 11.6 Å². The van der Waals surface area contributed by atoms with Gasteiger partial charge in [-0.3, -0.25) is 0 Å². The number of nitrogens with zero attached hydrogens (tertiary/aromatic N) is 2. The number of ether oxygens (including phenoxy) is 1. The molecule has 0 aliphatic carbocycles. The molecule has 2 aliphatic heterocycles. The van der Waals surface area contributed by atoms with Crippen LogP contribution in [0.1, 0.15) is 27.2 Å². The minimum absolute atomic E-state index is 0.0456. The second kappa shape index (κ2) is 4.41. The molecule has 1 saturated heterocycles. The van der Waals surface area contributed by atoms with Gasteiger partial charge in [-0.15, -0.1) is 0 Å². The molecule has 1 N–H and O–H groups in total. The van der Waals surface area contributed by atoms with Crippen LogP contribution < -0.4 is 5.32 Å². The summed E-state index contributed by atoms with van der Waals surface area (Å²) in [5.74, 6) is 1.11. The normalized spacial score (nSPS) is 24.9. The van der Waals surface area contributed by atoms with Crippen LogP contribution >= 0.6 is 15.9 Å². The third-order valence-electron chi connectivity index (χ3n) is 3.79. The SMILES string of the molecule is CC(C)(C)OC(=O)N1CCC2(C1)Cn1c(Br)ccc1N2. The minimum Gasteiger partial charge on any atom is -0.444 e. The van der Waals surface area contributed by atoms with Crippen LogP contribution in [-0.2, 0) is 11.3 Å².